The lowest BCUT2D eigenvalue weighted by molar-refractivity contribution is 0.0391. The molecule has 0 atom stereocenters. The van der Waals surface area contributed by atoms with Crippen molar-refractivity contribution < 1.29 is 9.53 Å². The van der Waals surface area contributed by atoms with Gasteiger partial charge < -0.3 is 4.74 Å². The summed E-state index contributed by atoms with van der Waals surface area (Å²) in [6.45, 7) is 6.30. The number of hydrogen-bond donors (Lipinski definition) is 0. The summed E-state index contributed by atoms with van der Waals surface area (Å²) in [6, 6.07) is 11.4. The van der Waals surface area contributed by atoms with Crippen LogP contribution in [0.5, 0.6) is 0 Å². The monoisotopic (exact) mass is 467 g/mol. The van der Waals surface area contributed by atoms with Gasteiger partial charge in [0.15, 0.2) is 5.13 Å². The Kier molecular flexibility index (Phi) is 6.01. The van der Waals surface area contributed by atoms with E-state index in [1.807, 2.05) is 43.3 Å². The number of carbonyl (C=O) groups excluding carboxylic acids is 1. The zero-order valence-electron chi connectivity index (χ0n) is 17.6. The first-order valence-corrected chi connectivity index (χ1v) is 11.7. The summed E-state index contributed by atoms with van der Waals surface area (Å²) in [7, 11) is 0. The second-order valence-electron chi connectivity index (χ2n) is 7.67. The third-order valence-corrected chi connectivity index (χ3v) is 7.08. The van der Waals surface area contributed by atoms with Crippen LogP contribution in [-0.4, -0.2) is 65.2 Å². The Morgan fingerprint density at radius 2 is 1.94 bits per heavy atom. The van der Waals surface area contributed by atoms with Gasteiger partial charge in [-0.05, 0) is 36.8 Å². The molecule has 2 aromatic carbocycles. The van der Waals surface area contributed by atoms with Gasteiger partial charge in [0.1, 0.15) is 5.69 Å². The number of rotatable bonds is 5. The number of morpholine rings is 1. The highest BCUT2D eigenvalue weighted by Gasteiger charge is 2.25. The molecular formula is C23H22ClN5O2S. The summed E-state index contributed by atoms with van der Waals surface area (Å²) in [4.78, 5) is 31.4. The second kappa shape index (κ2) is 9.07. The lowest BCUT2D eigenvalue weighted by Gasteiger charge is -2.29. The normalized spacial score (nSPS) is 14.8. The molecule has 32 heavy (non-hydrogen) atoms. The number of aryl methyl sites for hydroxylation is 1. The van der Waals surface area contributed by atoms with Gasteiger partial charge in [-0.2, -0.15) is 0 Å². The molecule has 9 heteroatoms. The lowest BCUT2D eigenvalue weighted by Crippen LogP contribution is -2.43. The van der Waals surface area contributed by atoms with Crippen molar-refractivity contribution in [3.8, 4) is 0 Å². The van der Waals surface area contributed by atoms with Gasteiger partial charge in [-0.1, -0.05) is 35.1 Å². The zero-order valence-corrected chi connectivity index (χ0v) is 19.2. The first-order valence-electron chi connectivity index (χ1n) is 10.5. The topological polar surface area (TPSA) is 71.5 Å². The average Bonchev–Trinajstić information content (AvgIpc) is 3.26. The fourth-order valence-electron chi connectivity index (χ4n) is 3.75. The summed E-state index contributed by atoms with van der Waals surface area (Å²) in [5.41, 5.74) is 3.50. The highest BCUT2D eigenvalue weighted by Crippen LogP contribution is 2.34. The highest BCUT2D eigenvalue weighted by atomic mass is 35.5. The maximum absolute atomic E-state index is 13.6. The van der Waals surface area contributed by atoms with Crippen LogP contribution in [0.3, 0.4) is 0 Å². The molecule has 164 valence electrons. The van der Waals surface area contributed by atoms with E-state index >= 15 is 0 Å². The van der Waals surface area contributed by atoms with E-state index in [0.29, 0.717) is 41.1 Å². The molecule has 1 aliphatic rings. The molecule has 2 aromatic heterocycles. The van der Waals surface area contributed by atoms with Crippen LogP contribution in [0, 0.1) is 6.92 Å². The van der Waals surface area contributed by atoms with Crippen molar-refractivity contribution >= 4 is 55.2 Å². The van der Waals surface area contributed by atoms with E-state index < -0.39 is 0 Å². The molecule has 1 amide bonds. The van der Waals surface area contributed by atoms with Crippen molar-refractivity contribution in [1.82, 2.24) is 19.9 Å². The van der Waals surface area contributed by atoms with Crippen molar-refractivity contribution in [3.63, 3.8) is 0 Å². The minimum Gasteiger partial charge on any atom is -0.379 e. The molecule has 0 N–H and O–H groups in total. The van der Waals surface area contributed by atoms with Crippen LogP contribution in [0.1, 0.15) is 16.1 Å². The molecule has 0 unspecified atom stereocenters. The van der Waals surface area contributed by atoms with Crippen molar-refractivity contribution in [2.75, 3.05) is 44.3 Å². The molecular weight excluding hydrogens is 446 g/mol. The van der Waals surface area contributed by atoms with Crippen molar-refractivity contribution in [1.29, 1.82) is 0 Å². The summed E-state index contributed by atoms with van der Waals surface area (Å²) in [6.07, 6.45) is 1.54. The fraction of sp³-hybridized carbons (Fsp3) is 0.304. The van der Waals surface area contributed by atoms with E-state index in [2.05, 4.69) is 14.9 Å². The molecule has 1 aliphatic heterocycles. The number of hydrogen-bond acceptors (Lipinski definition) is 7. The number of para-hydroxylation sites is 2. The smallest absolute Gasteiger partial charge is 0.280 e. The SMILES string of the molecule is Cc1c(Cl)ccc2sc(N(CCN3CCOCC3)C(=O)c3cnc4ccccc4n3)nc12. The first kappa shape index (κ1) is 21.2. The quantitative estimate of drug-likeness (QED) is 0.438. The largest absolute Gasteiger partial charge is 0.379 e. The first-order chi connectivity index (χ1) is 15.6. The van der Waals surface area contributed by atoms with E-state index in [0.717, 1.165) is 40.9 Å². The number of fused-ring (bicyclic) bond motifs is 2. The van der Waals surface area contributed by atoms with Gasteiger partial charge >= 0.3 is 0 Å². The van der Waals surface area contributed by atoms with Gasteiger partial charge in [-0.25, -0.2) is 9.97 Å². The average molecular weight is 468 g/mol. The van der Waals surface area contributed by atoms with Gasteiger partial charge in [0.25, 0.3) is 5.91 Å². The number of halogens is 1. The zero-order chi connectivity index (χ0) is 22.1. The molecule has 0 saturated carbocycles. The maximum Gasteiger partial charge on any atom is 0.280 e. The summed E-state index contributed by atoms with van der Waals surface area (Å²) in [5, 5.41) is 1.31. The third-order valence-electron chi connectivity index (χ3n) is 5.62. The molecule has 0 spiro atoms. The van der Waals surface area contributed by atoms with Crippen molar-refractivity contribution in [2.24, 2.45) is 0 Å². The van der Waals surface area contributed by atoms with E-state index in [1.165, 1.54) is 11.3 Å². The van der Waals surface area contributed by atoms with E-state index in [4.69, 9.17) is 21.3 Å². The fourth-order valence-corrected chi connectivity index (χ4v) is 4.96. The summed E-state index contributed by atoms with van der Waals surface area (Å²) >= 11 is 7.79. The summed E-state index contributed by atoms with van der Waals surface area (Å²) < 4.78 is 6.45. The maximum atomic E-state index is 13.6. The molecule has 1 saturated heterocycles. The van der Waals surface area contributed by atoms with Gasteiger partial charge in [0, 0.05) is 31.2 Å². The van der Waals surface area contributed by atoms with E-state index in [-0.39, 0.29) is 5.91 Å². The Hall–Kier alpha value is -2.65. The Bertz CT molecular complexity index is 1290. The molecule has 0 aliphatic carbocycles. The number of nitrogens with zero attached hydrogens (tertiary/aromatic N) is 5. The number of benzene rings is 2. The van der Waals surface area contributed by atoms with Crippen molar-refractivity contribution in [3.05, 3.63) is 58.9 Å². The predicted molar refractivity (Wildman–Crippen MR) is 128 cm³/mol. The number of carbonyl (C=O) groups is 1. The minimum atomic E-state index is -0.209. The van der Waals surface area contributed by atoms with Crippen LogP contribution in [0.2, 0.25) is 5.02 Å². The van der Waals surface area contributed by atoms with Crippen LogP contribution in [0.25, 0.3) is 21.3 Å². The van der Waals surface area contributed by atoms with E-state index in [1.54, 1.807) is 11.1 Å². The molecule has 5 rings (SSSR count). The second-order valence-corrected chi connectivity index (χ2v) is 9.09. The Morgan fingerprint density at radius 1 is 1.16 bits per heavy atom. The van der Waals surface area contributed by atoms with Gasteiger partial charge in [0.2, 0.25) is 0 Å². The van der Waals surface area contributed by atoms with Crippen LogP contribution < -0.4 is 4.90 Å². The Morgan fingerprint density at radius 3 is 2.75 bits per heavy atom. The Labute approximate surface area is 194 Å². The predicted octanol–water partition coefficient (Wildman–Crippen LogP) is 4.18. The number of amides is 1. The molecule has 0 bridgehead atoms. The molecule has 7 nitrogen and oxygen atoms in total. The third kappa shape index (κ3) is 4.19. The van der Waals surface area contributed by atoms with Gasteiger partial charge in [-0.15, -0.1) is 0 Å². The number of anilines is 1. The van der Waals surface area contributed by atoms with E-state index in [9.17, 15) is 4.79 Å². The molecule has 3 heterocycles. The molecule has 0 radical (unpaired) electrons. The number of thiazole rings is 1. The number of ether oxygens (including phenoxy) is 1. The summed E-state index contributed by atoms with van der Waals surface area (Å²) in [5.74, 6) is -0.209. The van der Waals surface area contributed by atoms with Gasteiger partial charge in [0.05, 0.1) is 40.7 Å². The van der Waals surface area contributed by atoms with Gasteiger partial charge in [-0.3, -0.25) is 19.6 Å². The van der Waals surface area contributed by atoms with Crippen LogP contribution >= 0.6 is 22.9 Å². The minimum absolute atomic E-state index is 0.209. The Balaban J connectivity index is 1.50. The van der Waals surface area contributed by atoms with Crippen LogP contribution in [0.4, 0.5) is 5.13 Å². The standard InChI is InChI=1S/C23H22ClN5O2S/c1-15-16(24)6-7-20-21(15)27-23(32-20)29(9-8-28-10-12-31-13-11-28)22(30)19-14-25-17-4-2-3-5-18(17)26-19/h2-7,14H,8-13H2,1H3. The number of aromatic nitrogens is 3. The van der Waals surface area contributed by atoms with Crippen LogP contribution in [0.15, 0.2) is 42.6 Å². The lowest BCUT2D eigenvalue weighted by atomic mass is 10.2. The van der Waals surface area contributed by atoms with Crippen molar-refractivity contribution in [2.45, 2.75) is 6.92 Å². The highest BCUT2D eigenvalue weighted by molar-refractivity contribution is 7.22. The molecule has 1 fully saturated rings. The van der Waals surface area contributed by atoms with Crippen LogP contribution in [-0.2, 0) is 4.74 Å². The molecule has 4 aromatic rings.